The zero-order valence-electron chi connectivity index (χ0n) is 16.3. The van der Waals surface area contributed by atoms with Crippen molar-refractivity contribution < 1.29 is 14.3 Å². The van der Waals surface area contributed by atoms with Crippen molar-refractivity contribution in [2.24, 2.45) is 0 Å². The second-order valence-corrected chi connectivity index (χ2v) is 6.91. The van der Waals surface area contributed by atoms with Crippen molar-refractivity contribution in [2.45, 2.75) is 12.5 Å². The Kier molecular flexibility index (Phi) is 5.81. The number of carbonyl (C=O) groups excluding carboxylic acids is 1. The SMILES string of the molecule is COc1cccc(Cc2cccc([C@H]3CN(C(=O)c4ccccn4)CCO3)n2)c1. The van der Waals surface area contributed by atoms with Crippen LogP contribution in [0.25, 0.3) is 0 Å². The van der Waals surface area contributed by atoms with Crippen molar-refractivity contribution in [1.29, 1.82) is 0 Å². The minimum atomic E-state index is -0.248. The highest BCUT2D eigenvalue weighted by Crippen LogP contribution is 2.23. The van der Waals surface area contributed by atoms with E-state index < -0.39 is 0 Å². The summed E-state index contributed by atoms with van der Waals surface area (Å²) in [5.74, 6) is 0.754. The van der Waals surface area contributed by atoms with Crippen molar-refractivity contribution >= 4 is 5.91 Å². The minimum absolute atomic E-state index is 0.0774. The molecule has 0 radical (unpaired) electrons. The average Bonchev–Trinajstić information content (AvgIpc) is 2.79. The van der Waals surface area contributed by atoms with Crippen LogP contribution in [0.15, 0.2) is 66.9 Å². The topological polar surface area (TPSA) is 64.5 Å². The molecule has 2 aromatic heterocycles. The third-order valence-electron chi connectivity index (χ3n) is 4.92. The lowest BCUT2D eigenvalue weighted by Gasteiger charge is -2.32. The van der Waals surface area contributed by atoms with Gasteiger partial charge in [-0.1, -0.05) is 24.3 Å². The van der Waals surface area contributed by atoms with E-state index in [0.717, 1.165) is 22.7 Å². The van der Waals surface area contributed by atoms with Crippen molar-refractivity contribution in [3.05, 3.63) is 89.5 Å². The third kappa shape index (κ3) is 4.60. The monoisotopic (exact) mass is 389 g/mol. The molecule has 6 heteroatoms. The van der Waals surface area contributed by atoms with Crippen LogP contribution in [0.4, 0.5) is 0 Å². The molecule has 1 fully saturated rings. The fourth-order valence-electron chi connectivity index (χ4n) is 3.43. The van der Waals surface area contributed by atoms with Crippen molar-refractivity contribution in [3.8, 4) is 5.75 Å². The third-order valence-corrected chi connectivity index (χ3v) is 4.92. The fraction of sp³-hybridized carbons (Fsp3) is 0.261. The smallest absolute Gasteiger partial charge is 0.272 e. The minimum Gasteiger partial charge on any atom is -0.497 e. The molecular weight excluding hydrogens is 366 g/mol. The van der Waals surface area contributed by atoms with Gasteiger partial charge in [-0.25, -0.2) is 0 Å². The van der Waals surface area contributed by atoms with Gasteiger partial charge in [0.15, 0.2) is 0 Å². The Labute approximate surface area is 170 Å². The molecule has 0 N–H and O–H groups in total. The Morgan fingerprint density at radius 3 is 2.90 bits per heavy atom. The van der Waals surface area contributed by atoms with Crippen molar-refractivity contribution in [2.75, 3.05) is 26.8 Å². The van der Waals surface area contributed by atoms with E-state index in [1.54, 1.807) is 30.3 Å². The van der Waals surface area contributed by atoms with E-state index in [9.17, 15) is 4.79 Å². The lowest BCUT2D eigenvalue weighted by Crippen LogP contribution is -2.42. The first-order chi connectivity index (χ1) is 14.2. The summed E-state index contributed by atoms with van der Waals surface area (Å²) in [5.41, 5.74) is 3.37. The molecule has 4 rings (SSSR count). The van der Waals surface area contributed by atoms with Gasteiger partial charge in [-0.05, 0) is 42.0 Å². The van der Waals surface area contributed by atoms with Gasteiger partial charge >= 0.3 is 0 Å². The predicted molar refractivity (Wildman–Crippen MR) is 109 cm³/mol. The Hall–Kier alpha value is -3.25. The summed E-state index contributed by atoms with van der Waals surface area (Å²) >= 11 is 0. The van der Waals surface area contributed by atoms with Gasteiger partial charge in [-0.15, -0.1) is 0 Å². The summed E-state index contributed by atoms with van der Waals surface area (Å²) < 4.78 is 11.2. The number of benzene rings is 1. The van der Waals surface area contributed by atoms with Gasteiger partial charge in [-0.3, -0.25) is 14.8 Å². The summed E-state index contributed by atoms with van der Waals surface area (Å²) in [6, 6.07) is 19.3. The summed E-state index contributed by atoms with van der Waals surface area (Å²) in [6.45, 7) is 1.49. The van der Waals surface area contributed by atoms with Crippen LogP contribution in [0.5, 0.6) is 5.75 Å². The highest BCUT2D eigenvalue weighted by molar-refractivity contribution is 5.92. The van der Waals surface area contributed by atoms with Crippen LogP contribution in [0.2, 0.25) is 0 Å². The summed E-state index contributed by atoms with van der Waals surface area (Å²) in [5, 5.41) is 0. The molecule has 3 heterocycles. The largest absolute Gasteiger partial charge is 0.497 e. The van der Waals surface area contributed by atoms with E-state index in [4.69, 9.17) is 14.5 Å². The molecule has 3 aromatic rings. The van der Waals surface area contributed by atoms with Crippen molar-refractivity contribution in [1.82, 2.24) is 14.9 Å². The number of ether oxygens (including phenoxy) is 2. The second kappa shape index (κ2) is 8.84. The van der Waals surface area contributed by atoms with Crippen LogP contribution in [0.1, 0.15) is 33.5 Å². The van der Waals surface area contributed by atoms with Gasteiger partial charge in [0.1, 0.15) is 17.5 Å². The molecule has 1 amide bonds. The molecule has 1 aliphatic rings. The molecule has 0 bridgehead atoms. The van der Waals surface area contributed by atoms with Gasteiger partial charge in [0, 0.05) is 24.9 Å². The number of pyridine rings is 2. The van der Waals surface area contributed by atoms with E-state index in [1.807, 2.05) is 42.5 Å². The molecule has 1 saturated heterocycles. The molecule has 0 saturated carbocycles. The lowest BCUT2D eigenvalue weighted by molar-refractivity contribution is -0.0249. The van der Waals surface area contributed by atoms with Gasteiger partial charge in [0.05, 0.1) is 26.0 Å². The van der Waals surface area contributed by atoms with E-state index in [2.05, 4.69) is 11.1 Å². The normalized spacial score (nSPS) is 16.4. The van der Waals surface area contributed by atoms with Gasteiger partial charge in [0.2, 0.25) is 0 Å². The van der Waals surface area contributed by atoms with E-state index in [1.165, 1.54) is 0 Å². The number of morpholine rings is 1. The highest BCUT2D eigenvalue weighted by atomic mass is 16.5. The standard InChI is InChI=1S/C23H23N3O3/c1-28-19-8-4-6-17(15-19)14-18-7-5-10-20(25-18)22-16-26(12-13-29-22)23(27)21-9-2-3-11-24-21/h2-11,15,22H,12-14,16H2,1H3/t22-/m1/s1. The van der Waals surface area contributed by atoms with Crippen LogP contribution in [0, 0.1) is 0 Å². The second-order valence-electron chi connectivity index (χ2n) is 6.91. The summed E-state index contributed by atoms with van der Waals surface area (Å²) in [4.78, 5) is 23.5. The maximum Gasteiger partial charge on any atom is 0.272 e. The Balaban J connectivity index is 1.48. The van der Waals surface area contributed by atoms with Gasteiger partial charge < -0.3 is 14.4 Å². The first kappa shape index (κ1) is 19.1. The molecule has 148 valence electrons. The molecule has 0 unspecified atom stereocenters. The van der Waals surface area contributed by atoms with Crippen LogP contribution >= 0.6 is 0 Å². The molecule has 1 aliphatic heterocycles. The zero-order chi connectivity index (χ0) is 20.1. The Morgan fingerprint density at radius 2 is 2.07 bits per heavy atom. The molecule has 29 heavy (non-hydrogen) atoms. The highest BCUT2D eigenvalue weighted by Gasteiger charge is 2.27. The molecule has 1 atom stereocenters. The maximum absolute atomic E-state index is 12.7. The number of rotatable bonds is 5. The van der Waals surface area contributed by atoms with Gasteiger partial charge in [-0.2, -0.15) is 0 Å². The quantitative estimate of drug-likeness (QED) is 0.670. The summed E-state index contributed by atoms with van der Waals surface area (Å²) in [6.07, 6.45) is 2.09. The van der Waals surface area contributed by atoms with E-state index in [0.29, 0.717) is 31.8 Å². The fourth-order valence-corrected chi connectivity index (χ4v) is 3.43. The molecule has 0 aliphatic carbocycles. The molecule has 6 nitrogen and oxygen atoms in total. The Bertz CT molecular complexity index is 978. The van der Waals surface area contributed by atoms with Crippen LogP contribution < -0.4 is 4.74 Å². The average molecular weight is 389 g/mol. The number of hydrogen-bond donors (Lipinski definition) is 0. The number of methoxy groups -OCH3 is 1. The zero-order valence-corrected chi connectivity index (χ0v) is 16.3. The van der Waals surface area contributed by atoms with E-state index in [-0.39, 0.29) is 12.0 Å². The first-order valence-electron chi connectivity index (χ1n) is 9.63. The lowest BCUT2D eigenvalue weighted by atomic mass is 10.1. The van der Waals surface area contributed by atoms with Crippen LogP contribution in [-0.4, -0.2) is 47.6 Å². The van der Waals surface area contributed by atoms with Crippen molar-refractivity contribution in [3.63, 3.8) is 0 Å². The molecule has 0 spiro atoms. The molecule has 1 aromatic carbocycles. The number of carbonyl (C=O) groups is 1. The predicted octanol–water partition coefficient (Wildman–Crippen LogP) is 3.29. The maximum atomic E-state index is 12.7. The Morgan fingerprint density at radius 1 is 1.17 bits per heavy atom. The first-order valence-corrected chi connectivity index (χ1v) is 9.63. The van der Waals surface area contributed by atoms with Crippen LogP contribution in [-0.2, 0) is 11.2 Å². The number of amides is 1. The van der Waals surface area contributed by atoms with E-state index >= 15 is 0 Å². The number of hydrogen-bond acceptors (Lipinski definition) is 5. The summed E-state index contributed by atoms with van der Waals surface area (Å²) in [7, 11) is 1.66. The molecular formula is C23H23N3O3. The number of aromatic nitrogens is 2. The van der Waals surface area contributed by atoms with Crippen LogP contribution in [0.3, 0.4) is 0 Å². The number of nitrogens with zero attached hydrogens (tertiary/aromatic N) is 3. The van der Waals surface area contributed by atoms with Gasteiger partial charge in [0.25, 0.3) is 5.91 Å².